The van der Waals surface area contributed by atoms with Gasteiger partial charge in [0.1, 0.15) is 5.75 Å². The highest BCUT2D eigenvalue weighted by Crippen LogP contribution is 2.15. The molecule has 0 saturated heterocycles. The number of aromatic hydroxyl groups is 1. The number of para-hydroxylation sites is 1. The second kappa shape index (κ2) is 5.72. The minimum absolute atomic E-state index is 0.111. The third-order valence-corrected chi connectivity index (χ3v) is 3.35. The molecule has 20 heavy (non-hydrogen) atoms. The standard InChI is InChI=1S/C13H12N2O4S/c16-13-4-2-1-3-10(13)9-14-15-11-5-7-12(8-6-11)20(17,18)19/h1-9,15-16H,(H,17,18,19)/b14-9+. The Kier molecular flexibility index (Phi) is 4.02. The molecule has 3 N–H and O–H groups in total. The van der Waals surface area contributed by atoms with E-state index < -0.39 is 10.1 Å². The van der Waals surface area contributed by atoms with Gasteiger partial charge in [-0.1, -0.05) is 12.1 Å². The lowest BCUT2D eigenvalue weighted by molar-refractivity contribution is 0.474. The van der Waals surface area contributed by atoms with E-state index in [9.17, 15) is 13.5 Å². The van der Waals surface area contributed by atoms with Crippen molar-refractivity contribution < 1.29 is 18.1 Å². The maximum absolute atomic E-state index is 10.9. The summed E-state index contributed by atoms with van der Waals surface area (Å²) in [6, 6.07) is 12.2. The minimum atomic E-state index is -4.19. The zero-order valence-electron chi connectivity index (χ0n) is 10.3. The largest absolute Gasteiger partial charge is 0.507 e. The van der Waals surface area contributed by atoms with Gasteiger partial charge in [0.25, 0.3) is 10.1 Å². The quantitative estimate of drug-likeness (QED) is 0.455. The van der Waals surface area contributed by atoms with Crippen molar-refractivity contribution in [2.45, 2.75) is 4.90 Å². The molecule has 6 nitrogen and oxygen atoms in total. The smallest absolute Gasteiger partial charge is 0.294 e. The van der Waals surface area contributed by atoms with Crippen LogP contribution in [0, 0.1) is 0 Å². The molecule has 2 rings (SSSR count). The number of phenols is 1. The van der Waals surface area contributed by atoms with Crippen molar-refractivity contribution in [2.75, 3.05) is 5.43 Å². The lowest BCUT2D eigenvalue weighted by Gasteiger charge is -2.02. The van der Waals surface area contributed by atoms with Crippen molar-refractivity contribution in [2.24, 2.45) is 5.10 Å². The predicted octanol–water partition coefficient (Wildman–Crippen LogP) is 2.08. The molecule has 2 aromatic carbocycles. The fourth-order valence-electron chi connectivity index (χ4n) is 1.47. The fraction of sp³-hybridized carbons (Fsp3) is 0. The van der Waals surface area contributed by atoms with Crippen LogP contribution in [0.25, 0.3) is 0 Å². The number of nitrogens with one attached hydrogen (secondary N) is 1. The van der Waals surface area contributed by atoms with E-state index >= 15 is 0 Å². The molecule has 0 aliphatic heterocycles. The van der Waals surface area contributed by atoms with Gasteiger partial charge in [0.2, 0.25) is 0 Å². The van der Waals surface area contributed by atoms with Crippen LogP contribution in [0.4, 0.5) is 5.69 Å². The van der Waals surface area contributed by atoms with Gasteiger partial charge in [0.05, 0.1) is 16.8 Å². The molecule has 0 amide bonds. The summed E-state index contributed by atoms with van der Waals surface area (Å²) in [6.07, 6.45) is 1.44. The monoisotopic (exact) mass is 292 g/mol. The molecule has 0 fully saturated rings. The number of phenolic OH excluding ortho intramolecular Hbond substituents is 1. The maximum atomic E-state index is 10.9. The van der Waals surface area contributed by atoms with E-state index in [0.29, 0.717) is 11.3 Å². The van der Waals surface area contributed by atoms with Gasteiger partial charge in [-0.3, -0.25) is 9.98 Å². The second-order valence-electron chi connectivity index (χ2n) is 3.93. The fourth-order valence-corrected chi connectivity index (χ4v) is 1.95. The summed E-state index contributed by atoms with van der Waals surface area (Å²) in [5.41, 5.74) is 3.78. The Balaban J connectivity index is 2.07. The van der Waals surface area contributed by atoms with Gasteiger partial charge in [0, 0.05) is 5.56 Å². The van der Waals surface area contributed by atoms with E-state index in [4.69, 9.17) is 4.55 Å². The Hall–Kier alpha value is -2.38. The molecule has 7 heteroatoms. The lowest BCUT2D eigenvalue weighted by Crippen LogP contribution is -1.98. The first-order valence-corrected chi connectivity index (χ1v) is 7.05. The molecular weight excluding hydrogens is 280 g/mol. The van der Waals surface area contributed by atoms with Gasteiger partial charge >= 0.3 is 0 Å². The highest BCUT2D eigenvalue weighted by atomic mass is 32.2. The van der Waals surface area contributed by atoms with E-state index in [1.807, 2.05) is 0 Å². The maximum Gasteiger partial charge on any atom is 0.294 e. The van der Waals surface area contributed by atoms with Crippen LogP contribution in [0.3, 0.4) is 0 Å². The number of hydrogen-bond donors (Lipinski definition) is 3. The molecule has 0 atom stereocenters. The molecule has 0 unspecified atom stereocenters. The highest BCUT2D eigenvalue weighted by molar-refractivity contribution is 7.85. The molecule has 104 valence electrons. The Bertz CT molecular complexity index is 724. The summed E-state index contributed by atoms with van der Waals surface area (Å²) in [4.78, 5) is -0.187. The van der Waals surface area contributed by atoms with Crippen molar-refractivity contribution in [3.05, 3.63) is 54.1 Å². The molecule has 0 bridgehead atoms. The van der Waals surface area contributed by atoms with Crippen molar-refractivity contribution in [3.63, 3.8) is 0 Å². The van der Waals surface area contributed by atoms with Crippen LogP contribution in [0.2, 0.25) is 0 Å². The molecule has 0 saturated carbocycles. The topological polar surface area (TPSA) is 99.0 Å². The van der Waals surface area contributed by atoms with Gasteiger partial charge in [0.15, 0.2) is 0 Å². The molecule has 0 heterocycles. The lowest BCUT2D eigenvalue weighted by atomic mass is 10.2. The Morgan fingerprint density at radius 2 is 1.70 bits per heavy atom. The number of rotatable bonds is 4. The number of anilines is 1. The average Bonchev–Trinajstić information content (AvgIpc) is 2.40. The Labute approximate surface area is 116 Å². The molecule has 0 aliphatic carbocycles. The van der Waals surface area contributed by atoms with E-state index in [2.05, 4.69) is 10.5 Å². The zero-order chi connectivity index (χ0) is 14.6. The molecule has 0 radical (unpaired) electrons. The minimum Gasteiger partial charge on any atom is -0.507 e. The van der Waals surface area contributed by atoms with Crippen molar-refractivity contribution >= 4 is 22.0 Å². The van der Waals surface area contributed by atoms with Gasteiger partial charge < -0.3 is 5.11 Å². The van der Waals surface area contributed by atoms with Crippen LogP contribution < -0.4 is 5.43 Å². The third kappa shape index (κ3) is 3.56. The number of benzene rings is 2. The van der Waals surface area contributed by atoms with Crippen LogP contribution >= 0.6 is 0 Å². The second-order valence-corrected chi connectivity index (χ2v) is 5.35. The first-order valence-electron chi connectivity index (χ1n) is 5.61. The molecule has 0 aliphatic rings. The van der Waals surface area contributed by atoms with Gasteiger partial charge in [-0.2, -0.15) is 13.5 Å². The Morgan fingerprint density at radius 3 is 2.30 bits per heavy atom. The van der Waals surface area contributed by atoms with Crippen LogP contribution in [0.1, 0.15) is 5.56 Å². The third-order valence-electron chi connectivity index (χ3n) is 2.49. The summed E-state index contributed by atoms with van der Waals surface area (Å²) >= 11 is 0. The van der Waals surface area contributed by atoms with Gasteiger partial charge in [-0.05, 0) is 36.4 Å². The van der Waals surface area contributed by atoms with E-state index in [0.717, 1.165) is 0 Å². The van der Waals surface area contributed by atoms with Crippen molar-refractivity contribution in [3.8, 4) is 5.75 Å². The zero-order valence-corrected chi connectivity index (χ0v) is 11.1. The van der Waals surface area contributed by atoms with Crippen LogP contribution in [0.15, 0.2) is 58.5 Å². The number of nitrogens with zero attached hydrogens (tertiary/aromatic N) is 1. The Morgan fingerprint density at radius 1 is 1.05 bits per heavy atom. The van der Waals surface area contributed by atoms with Crippen LogP contribution in [-0.2, 0) is 10.1 Å². The number of hydrogen-bond acceptors (Lipinski definition) is 5. The normalized spacial score (nSPS) is 11.7. The highest BCUT2D eigenvalue weighted by Gasteiger charge is 2.07. The first kappa shape index (κ1) is 14.0. The number of hydrazone groups is 1. The summed E-state index contributed by atoms with van der Waals surface area (Å²) in [5, 5.41) is 13.4. The average molecular weight is 292 g/mol. The van der Waals surface area contributed by atoms with E-state index in [-0.39, 0.29) is 10.6 Å². The summed E-state index contributed by atoms with van der Waals surface area (Å²) in [6.45, 7) is 0. The van der Waals surface area contributed by atoms with E-state index in [1.165, 1.54) is 30.5 Å². The molecule has 2 aromatic rings. The summed E-state index contributed by atoms with van der Waals surface area (Å²) < 4.78 is 30.5. The molecule has 0 spiro atoms. The molecule has 0 aromatic heterocycles. The van der Waals surface area contributed by atoms with Gasteiger partial charge in [-0.15, -0.1) is 0 Å². The van der Waals surface area contributed by atoms with Crippen molar-refractivity contribution in [1.29, 1.82) is 0 Å². The van der Waals surface area contributed by atoms with Crippen molar-refractivity contribution in [1.82, 2.24) is 0 Å². The van der Waals surface area contributed by atoms with Gasteiger partial charge in [-0.25, -0.2) is 0 Å². The summed E-state index contributed by atoms with van der Waals surface area (Å²) in [5.74, 6) is 0.111. The predicted molar refractivity (Wildman–Crippen MR) is 75.6 cm³/mol. The van der Waals surface area contributed by atoms with Crippen LogP contribution in [-0.4, -0.2) is 24.3 Å². The van der Waals surface area contributed by atoms with Crippen LogP contribution in [0.5, 0.6) is 5.75 Å². The SMILES string of the molecule is O=S(=O)(O)c1ccc(N/N=C/c2ccccc2O)cc1. The van der Waals surface area contributed by atoms with E-state index in [1.54, 1.807) is 24.3 Å². The first-order chi connectivity index (χ1) is 9.47. The molecular formula is C13H12N2O4S. The summed E-state index contributed by atoms with van der Waals surface area (Å²) in [7, 11) is -4.19.